The van der Waals surface area contributed by atoms with Gasteiger partial charge in [0.25, 0.3) is 0 Å². The van der Waals surface area contributed by atoms with Gasteiger partial charge in [0.1, 0.15) is 0 Å². The maximum Gasteiger partial charge on any atom is 0.185 e. The Morgan fingerprint density at radius 1 is 0.516 bits per heavy atom. The molecule has 0 saturated heterocycles. The largest absolute Gasteiger partial charge is 0.223 e. The second kappa shape index (κ2) is 45.5. The van der Waals surface area contributed by atoms with Gasteiger partial charge in [0.15, 0.2) is 19.7 Å². The lowest BCUT2D eigenvalue weighted by atomic mass is 9.71. The van der Waals surface area contributed by atoms with Crippen LogP contribution in [0.15, 0.2) is 248 Å². The number of rotatable bonds is 18. The van der Waals surface area contributed by atoms with Crippen molar-refractivity contribution in [1.29, 1.82) is 0 Å². The molecule has 0 aromatic heterocycles. The Hall–Kier alpha value is -5.82. The van der Waals surface area contributed by atoms with Crippen molar-refractivity contribution < 1.29 is 16.8 Å². The first-order chi connectivity index (χ1) is 42.5. The molecule has 0 saturated carbocycles. The highest BCUT2D eigenvalue weighted by molar-refractivity contribution is 7.92. The fourth-order valence-electron chi connectivity index (χ4n) is 10.9. The van der Waals surface area contributed by atoms with Gasteiger partial charge in [-0.1, -0.05) is 271 Å². The third kappa shape index (κ3) is 35.1. The number of hydrogen-bond acceptors (Lipinski definition) is 4. The third-order valence-corrected chi connectivity index (χ3v) is 19.5. The molecule has 1 unspecified atom stereocenters. The first-order valence-electron chi connectivity index (χ1n) is 33.7. The maximum atomic E-state index is 14.0. The Morgan fingerprint density at radius 2 is 0.835 bits per heavy atom. The minimum absolute atomic E-state index is 0.152. The highest BCUT2D eigenvalue weighted by Gasteiger charge is 2.41. The second-order valence-corrected chi connectivity index (χ2v) is 31.1. The normalized spacial score (nSPS) is 17.7. The molecule has 1 atom stereocenters. The Morgan fingerprint density at radius 3 is 1.18 bits per heavy atom. The van der Waals surface area contributed by atoms with Gasteiger partial charge in [-0.3, -0.25) is 0 Å². The summed E-state index contributed by atoms with van der Waals surface area (Å²) in [6.07, 6.45) is 50.2. The lowest BCUT2D eigenvalue weighted by Gasteiger charge is -2.39. The molecule has 506 valence electrons. The van der Waals surface area contributed by atoms with Crippen LogP contribution in [-0.4, -0.2) is 27.8 Å². The molecular weight excluding hydrogens is 1150 g/mol. The Balaban J connectivity index is 0. The van der Waals surface area contributed by atoms with Crippen LogP contribution in [-0.2, 0) is 19.7 Å². The molecule has 5 rings (SSSR count). The van der Waals surface area contributed by atoms with Gasteiger partial charge in [-0.15, -0.1) is 13.2 Å². The van der Waals surface area contributed by atoms with Crippen molar-refractivity contribution in [2.24, 2.45) is 16.2 Å². The summed E-state index contributed by atoms with van der Waals surface area (Å²) in [7, 11) is -7.17. The first-order valence-corrected chi connectivity index (χ1v) is 36.9. The van der Waals surface area contributed by atoms with E-state index in [9.17, 15) is 16.8 Å². The number of benzene rings is 2. The van der Waals surface area contributed by atoms with Gasteiger partial charge in [-0.05, 0) is 225 Å². The number of aryl methyl sites for hydroxylation is 2. The molecule has 2 aromatic rings. The average molecular weight is 1280 g/mol. The van der Waals surface area contributed by atoms with E-state index >= 15 is 0 Å². The fraction of sp³-hybridized carbons (Fsp3) is 0.482. The zero-order chi connectivity index (χ0) is 70.2. The van der Waals surface area contributed by atoms with Crippen LogP contribution in [0.4, 0.5) is 0 Å². The average Bonchev–Trinajstić information content (AvgIpc) is 0.909. The van der Waals surface area contributed by atoms with E-state index in [1.54, 1.807) is 59.7 Å². The van der Waals surface area contributed by atoms with E-state index < -0.39 is 24.9 Å². The fourth-order valence-corrected chi connectivity index (χ4v) is 14.3. The first kappa shape index (κ1) is 87.2. The van der Waals surface area contributed by atoms with Crippen molar-refractivity contribution in [2.75, 3.05) is 5.75 Å². The molecule has 0 fully saturated rings. The molecule has 0 amide bonds. The summed E-state index contributed by atoms with van der Waals surface area (Å²) in [5.41, 5.74) is 17.6. The summed E-state index contributed by atoms with van der Waals surface area (Å²) < 4.78 is 53.7. The van der Waals surface area contributed by atoms with Crippen LogP contribution < -0.4 is 0 Å². The van der Waals surface area contributed by atoms with Crippen LogP contribution in [0.2, 0.25) is 0 Å². The molecule has 0 N–H and O–H groups in total. The van der Waals surface area contributed by atoms with E-state index in [2.05, 4.69) is 202 Å². The zero-order valence-electron chi connectivity index (χ0n) is 62.4. The molecule has 0 radical (unpaired) electrons. The second-order valence-electron chi connectivity index (χ2n) is 26.9. The van der Waals surface area contributed by atoms with Crippen molar-refractivity contribution >= 4 is 19.7 Å². The zero-order valence-corrected chi connectivity index (χ0v) is 64.1. The Kier molecular flexibility index (Phi) is 43.6. The summed E-state index contributed by atoms with van der Waals surface area (Å²) in [6, 6.07) is 13.8. The molecule has 3 aliphatic carbocycles. The molecule has 0 bridgehead atoms. The van der Waals surface area contributed by atoms with E-state index in [1.807, 2.05) is 93.5 Å². The Labute approximate surface area is 562 Å². The lowest BCUT2D eigenvalue weighted by Crippen LogP contribution is -2.35. The molecule has 4 nitrogen and oxygen atoms in total. The summed E-state index contributed by atoms with van der Waals surface area (Å²) in [5, 5.41) is -0.723. The molecule has 91 heavy (non-hydrogen) atoms. The van der Waals surface area contributed by atoms with E-state index in [0.717, 1.165) is 47.1 Å². The van der Waals surface area contributed by atoms with Gasteiger partial charge in [-0.2, -0.15) is 0 Å². The number of allylic oxidation sites excluding steroid dienone is 28. The van der Waals surface area contributed by atoms with Crippen molar-refractivity contribution in [1.82, 2.24) is 0 Å². The van der Waals surface area contributed by atoms with E-state index in [0.29, 0.717) is 15.7 Å². The summed E-state index contributed by atoms with van der Waals surface area (Å²) in [6.45, 7) is 59.7. The highest BCUT2D eigenvalue weighted by Crippen LogP contribution is 2.46. The summed E-state index contributed by atoms with van der Waals surface area (Å²) in [4.78, 5) is 0.595. The van der Waals surface area contributed by atoms with E-state index in [1.165, 1.54) is 84.0 Å². The predicted octanol–water partition coefficient (Wildman–Crippen LogP) is 26.2. The van der Waals surface area contributed by atoms with Crippen LogP contribution in [0.1, 0.15) is 241 Å². The molecule has 0 heterocycles. The minimum Gasteiger partial charge on any atom is -0.223 e. The number of hydrogen-bond donors (Lipinski definition) is 0. The van der Waals surface area contributed by atoms with Crippen LogP contribution in [0.5, 0.6) is 0 Å². The van der Waals surface area contributed by atoms with Crippen LogP contribution in [0.25, 0.3) is 0 Å². The van der Waals surface area contributed by atoms with Gasteiger partial charge in [0, 0.05) is 0 Å². The topological polar surface area (TPSA) is 68.3 Å². The van der Waals surface area contributed by atoms with Gasteiger partial charge in [-0.25, -0.2) is 16.8 Å². The number of sulfone groups is 2. The maximum absolute atomic E-state index is 14.0. The molecule has 3 aliphatic rings. The van der Waals surface area contributed by atoms with E-state index in [-0.39, 0.29) is 22.5 Å². The summed E-state index contributed by atoms with van der Waals surface area (Å²) in [5.74, 6) is -0.152. The summed E-state index contributed by atoms with van der Waals surface area (Å²) >= 11 is 0. The quantitative estimate of drug-likeness (QED) is 0.110. The monoisotopic (exact) mass is 1280 g/mol. The third-order valence-electron chi connectivity index (χ3n) is 15.8. The molecular formula is C85H130O4S2. The van der Waals surface area contributed by atoms with Gasteiger partial charge >= 0.3 is 0 Å². The van der Waals surface area contributed by atoms with Crippen molar-refractivity contribution in [2.45, 2.75) is 259 Å². The highest BCUT2D eigenvalue weighted by atomic mass is 32.2. The van der Waals surface area contributed by atoms with E-state index in [4.69, 9.17) is 0 Å². The van der Waals surface area contributed by atoms with Crippen LogP contribution in [0, 0.1) is 30.1 Å². The van der Waals surface area contributed by atoms with Gasteiger partial charge in [0.05, 0.1) is 20.8 Å². The SMILES string of the molecule is C=C(C)C.C=CC.CC.CC1=C(/C=C/C(C)=C/C=C/C(C)=C/C=C/C=C(C)/C=C/C=C(C)/C=C/C2=C(C)CCCC2(C)C)C(C)(C)CCC1.CC1=C(C(C/C(C)=C/CS(=O)(=O)c2ccc(C)cc2)S(=O)(=O)c2ccc(C)cc2)C(C)(C)CCC1.CC=CC.CCC. The molecule has 0 spiro atoms. The van der Waals surface area contributed by atoms with Crippen LogP contribution in [0.3, 0.4) is 0 Å². The standard InChI is InChI=1S/C40H56.C29H38O4S2.2C4H8.C3H8.C3H6.C2H6/c1-31(19-13-21-33(3)25-27-37-35(5)23-15-29-39(37,7)8)17-11-12-18-32(2)20-14-22-34(4)26-28-38-36(6)24-16-30-40(38,9)10;1-21-9-13-25(14-10-21)34(30,31)19-17-23(3)20-27(28-24(4)8-7-18-29(28,5)6)35(32,33)26-15-11-22(2)12-16-26;1-4(2)3;1-3-4-2;2*1-3-2;1-2/h11-14,17-22,25-28H,15-16,23-24,29-30H2,1-10H3;9-17,27H,7-8,18-20H2,1-6H3;1H2,2-3H3;3-4H,1-2H3;3H2,1-2H3;3H,1H2,2H3;1-2H3/b12-11+,19-13+,20-14+,27-25+,28-26+,31-17+,32-18+,33-21+,34-22+;23-17+;;;;;. The Bertz CT molecular complexity index is 3110. The predicted molar refractivity (Wildman–Crippen MR) is 410 cm³/mol. The van der Waals surface area contributed by atoms with Gasteiger partial charge < -0.3 is 0 Å². The molecule has 6 heteroatoms. The molecule has 2 aromatic carbocycles. The van der Waals surface area contributed by atoms with Crippen molar-refractivity contribution in [3.8, 4) is 0 Å². The minimum atomic E-state index is -3.68. The smallest absolute Gasteiger partial charge is 0.185 e. The van der Waals surface area contributed by atoms with Gasteiger partial charge in [0.2, 0.25) is 0 Å². The van der Waals surface area contributed by atoms with Crippen molar-refractivity contribution in [3.63, 3.8) is 0 Å². The van der Waals surface area contributed by atoms with Crippen molar-refractivity contribution in [3.05, 3.63) is 249 Å². The van der Waals surface area contributed by atoms with Crippen LogP contribution >= 0.6 is 0 Å². The molecule has 0 aliphatic heterocycles. The lowest BCUT2D eigenvalue weighted by molar-refractivity contribution is 0.353.